The van der Waals surface area contributed by atoms with Crippen LogP contribution in [0.15, 0.2) is 42.5 Å². The molecule has 2 rings (SSSR count). The summed E-state index contributed by atoms with van der Waals surface area (Å²) in [5.74, 6) is -1.92. The molecule has 0 aromatic heterocycles. The number of carbonyl (C=O) groups is 2. The molecule has 0 aliphatic rings. The molecule has 23 heavy (non-hydrogen) atoms. The Bertz CT molecular complexity index is 732. The van der Waals surface area contributed by atoms with Crippen LogP contribution >= 0.6 is 0 Å². The van der Waals surface area contributed by atoms with Gasteiger partial charge in [-0.1, -0.05) is 18.2 Å². The number of aromatic hydroxyl groups is 1. The van der Waals surface area contributed by atoms with E-state index in [0.717, 1.165) is 6.07 Å². The first-order valence-corrected chi connectivity index (χ1v) is 6.74. The predicted molar refractivity (Wildman–Crippen MR) is 80.2 cm³/mol. The third-order valence-corrected chi connectivity index (χ3v) is 3.20. The average Bonchev–Trinajstić information content (AvgIpc) is 2.54. The van der Waals surface area contributed by atoms with Crippen LogP contribution in [0.25, 0.3) is 0 Å². The van der Waals surface area contributed by atoms with Gasteiger partial charge in [0.25, 0.3) is 0 Å². The Hall–Kier alpha value is -3.09. The summed E-state index contributed by atoms with van der Waals surface area (Å²) in [4.78, 5) is 26.5. The van der Waals surface area contributed by atoms with Gasteiger partial charge in [0.15, 0.2) is 5.75 Å². The summed E-state index contributed by atoms with van der Waals surface area (Å²) in [5.41, 5.74) is 0.374. The zero-order chi connectivity index (χ0) is 16.8. The number of hydrogen-bond donors (Lipinski definition) is 3. The second kappa shape index (κ2) is 7.26. The van der Waals surface area contributed by atoms with Gasteiger partial charge in [0.05, 0.1) is 11.3 Å². The number of aromatic carboxylic acids is 1. The van der Waals surface area contributed by atoms with E-state index in [1.165, 1.54) is 18.2 Å². The topological polar surface area (TPSA) is 95.9 Å². The molecule has 3 N–H and O–H groups in total. The van der Waals surface area contributed by atoms with Crippen LogP contribution < -0.4 is 10.3 Å². The fourth-order valence-electron chi connectivity index (χ4n) is 2.04. The maximum atomic E-state index is 12.1. The van der Waals surface area contributed by atoms with Crippen LogP contribution in [0.3, 0.4) is 0 Å². The van der Waals surface area contributed by atoms with E-state index >= 15 is 0 Å². The second-order valence-electron chi connectivity index (χ2n) is 4.77. The number of carboxylic acids is 1. The molecule has 0 saturated heterocycles. The molecule has 0 bridgehead atoms. The van der Waals surface area contributed by atoms with E-state index in [9.17, 15) is 19.2 Å². The van der Waals surface area contributed by atoms with Crippen LogP contribution in [0.1, 0.15) is 22.3 Å². The molecule has 0 saturated carbocycles. The van der Waals surface area contributed by atoms with Crippen molar-refractivity contribution in [2.24, 2.45) is 0 Å². The van der Waals surface area contributed by atoms with Gasteiger partial charge >= 0.3 is 5.97 Å². The molecular weight excluding hydrogens is 305 g/mol. The number of halogens is 1. The number of rotatable bonds is 6. The number of carboxylic acid groups (broad SMARTS) is 1. The quantitative estimate of drug-likeness (QED) is 0.761. The van der Waals surface area contributed by atoms with E-state index in [1.807, 2.05) is 0 Å². The number of para-hydroxylation sites is 1. The molecule has 2 aromatic carbocycles. The average molecular weight is 319 g/mol. The molecule has 0 heterocycles. The Kier molecular flexibility index (Phi) is 5.14. The van der Waals surface area contributed by atoms with Crippen LogP contribution in [0, 0.1) is 0 Å². The number of amides is 1. The van der Waals surface area contributed by atoms with Crippen molar-refractivity contribution in [3.8, 4) is 11.5 Å². The molecular formula is C16H14FNO5. The number of hydrogen-bond acceptors (Lipinski definition) is 4. The monoisotopic (exact) mass is 319 g/mol. The van der Waals surface area contributed by atoms with E-state index in [-0.39, 0.29) is 29.2 Å². The summed E-state index contributed by atoms with van der Waals surface area (Å²) in [7, 11) is 0. The van der Waals surface area contributed by atoms with Crippen LogP contribution in [0.2, 0.25) is 0 Å². The van der Waals surface area contributed by atoms with E-state index < -0.39 is 11.9 Å². The van der Waals surface area contributed by atoms with Crippen molar-refractivity contribution in [2.45, 2.75) is 12.8 Å². The van der Waals surface area contributed by atoms with Crippen molar-refractivity contribution >= 4 is 17.6 Å². The molecule has 0 unspecified atom stereocenters. The number of aryl methyl sites for hydroxylation is 1. The SMILES string of the molecule is O=C(CCc1ccccc1O)Nc1ccc(OF)cc1C(=O)O. The number of phenolic OH excluding ortho intramolecular Hbond substituents is 1. The maximum absolute atomic E-state index is 12.1. The van der Waals surface area contributed by atoms with Gasteiger partial charge in [0, 0.05) is 17.0 Å². The largest absolute Gasteiger partial charge is 0.508 e. The zero-order valence-corrected chi connectivity index (χ0v) is 12.0. The normalized spacial score (nSPS) is 10.1. The number of carbonyl (C=O) groups excluding carboxylic acids is 1. The first kappa shape index (κ1) is 16.3. The number of benzene rings is 2. The van der Waals surface area contributed by atoms with Crippen molar-refractivity contribution in [1.29, 1.82) is 0 Å². The predicted octanol–water partition coefficient (Wildman–Crippen LogP) is 2.93. The molecule has 6 nitrogen and oxygen atoms in total. The Morgan fingerprint density at radius 3 is 2.57 bits per heavy atom. The highest BCUT2D eigenvalue weighted by Gasteiger charge is 2.14. The Morgan fingerprint density at radius 2 is 1.91 bits per heavy atom. The van der Waals surface area contributed by atoms with Crippen molar-refractivity contribution in [1.82, 2.24) is 0 Å². The van der Waals surface area contributed by atoms with Gasteiger partial charge in [0.1, 0.15) is 5.75 Å². The van der Waals surface area contributed by atoms with Crippen molar-refractivity contribution in [3.05, 3.63) is 53.6 Å². The Labute approximate surface area is 131 Å². The van der Waals surface area contributed by atoms with Gasteiger partial charge < -0.3 is 15.5 Å². The minimum atomic E-state index is -1.32. The Balaban J connectivity index is 2.05. The van der Waals surface area contributed by atoms with Crippen LogP contribution in [-0.2, 0) is 11.2 Å². The summed E-state index contributed by atoms with van der Waals surface area (Å²) < 4.78 is 12.1. The van der Waals surface area contributed by atoms with Crippen molar-refractivity contribution in [2.75, 3.05) is 5.32 Å². The Morgan fingerprint density at radius 1 is 1.17 bits per heavy atom. The van der Waals surface area contributed by atoms with Gasteiger partial charge in [0.2, 0.25) is 5.91 Å². The van der Waals surface area contributed by atoms with Gasteiger partial charge in [-0.2, -0.15) is 0 Å². The highest BCUT2D eigenvalue weighted by molar-refractivity contribution is 6.00. The maximum Gasteiger partial charge on any atom is 0.337 e. The van der Waals surface area contributed by atoms with Crippen molar-refractivity contribution in [3.63, 3.8) is 0 Å². The minimum Gasteiger partial charge on any atom is -0.508 e. The van der Waals surface area contributed by atoms with Gasteiger partial charge in [-0.3, -0.25) is 9.74 Å². The third-order valence-electron chi connectivity index (χ3n) is 3.20. The first-order chi connectivity index (χ1) is 11.0. The number of phenols is 1. The van der Waals surface area contributed by atoms with Crippen LogP contribution in [0.5, 0.6) is 11.5 Å². The molecule has 120 valence electrons. The van der Waals surface area contributed by atoms with Crippen LogP contribution in [-0.4, -0.2) is 22.1 Å². The summed E-state index contributed by atoms with van der Waals surface area (Å²) in [5, 5.41) is 21.2. The summed E-state index contributed by atoms with van der Waals surface area (Å²) in [6, 6.07) is 10.0. The zero-order valence-electron chi connectivity index (χ0n) is 12.0. The van der Waals surface area contributed by atoms with E-state index in [1.54, 1.807) is 18.2 Å². The molecule has 0 atom stereocenters. The first-order valence-electron chi connectivity index (χ1n) is 6.74. The lowest BCUT2D eigenvalue weighted by molar-refractivity contribution is -0.116. The number of anilines is 1. The molecule has 0 spiro atoms. The molecule has 0 fully saturated rings. The minimum absolute atomic E-state index is 0.0422. The molecule has 0 aliphatic carbocycles. The van der Waals surface area contributed by atoms with E-state index in [4.69, 9.17) is 5.11 Å². The van der Waals surface area contributed by atoms with Crippen LogP contribution in [0.4, 0.5) is 10.2 Å². The third kappa shape index (κ3) is 4.19. The van der Waals surface area contributed by atoms with E-state index in [0.29, 0.717) is 12.0 Å². The van der Waals surface area contributed by atoms with E-state index in [2.05, 4.69) is 10.3 Å². The summed E-state index contributed by atoms with van der Waals surface area (Å²) in [6.45, 7) is 0. The lowest BCUT2D eigenvalue weighted by Crippen LogP contribution is -2.15. The summed E-state index contributed by atoms with van der Waals surface area (Å²) >= 11 is 0. The smallest absolute Gasteiger partial charge is 0.337 e. The lowest BCUT2D eigenvalue weighted by Gasteiger charge is -2.09. The fraction of sp³-hybridized carbons (Fsp3) is 0.125. The van der Waals surface area contributed by atoms with Gasteiger partial charge in [-0.15, -0.1) is 0 Å². The molecule has 2 aromatic rings. The second-order valence-corrected chi connectivity index (χ2v) is 4.77. The van der Waals surface area contributed by atoms with Gasteiger partial charge in [-0.05, 0) is 30.2 Å². The standard InChI is InChI=1S/C16H14FNO5/c17-23-11-6-7-13(12(9-11)16(21)22)18-15(20)8-5-10-3-1-2-4-14(10)19/h1-4,6-7,9,19H,5,8H2,(H,18,20)(H,21,22). The fourth-order valence-corrected chi connectivity index (χ4v) is 2.04. The van der Waals surface area contributed by atoms with Crippen molar-refractivity contribution < 1.29 is 29.3 Å². The molecule has 7 heteroatoms. The highest BCUT2D eigenvalue weighted by Crippen LogP contribution is 2.23. The lowest BCUT2D eigenvalue weighted by atomic mass is 10.1. The molecule has 0 aliphatic heterocycles. The molecule has 0 radical (unpaired) electrons. The summed E-state index contributed by atoms with van der Waals surface area (Å²) in [6.07, 6.45) is 0.352. The number of nitrogens with one attached hydrogen (secondary N) is 1. The molecule has 1 amide bonds. The highest BCUT2D eigenvalue weighted by atomic mass is 19.3. The van der Waals surface area contributed by atoms with Gasteiger partial charge in [-0.25, -0.2) is 4.79 Å².